The van der Waals surface area contributed by atoms with Crippen LogP contribution in [-0.2, 0) is 20.9 Å². The van der Waals surface area contributed by atoms with E-state index in [1.807, 2.05) is 0 Å². The third kappa shape index (κ3) is 4.77. The first-order chi connectivity index (χ1) is 13.6. The molecule has 2 aromatic rings. The van der Waals surface area contributed by atoms with Crippen LogP contribution >= 0.6 is 0 Å². The minimum Gasteiger partial charge on any atom is -0.379 e. The third-order valence-electron chi connectivity index (χ3n) is 4.49. The summed E-state index contributed by atoms with van der Waals surface area (Å²) in [4.78, 5) is 12.5. The number of hydrogen-bond acceptors (Lipinski definition) is 4. The van der Waals surface area contributed by atoms with Crippen molar-refractivity contribution in [2.24, 2.45) is 0 Å². The fraction of sp³-hybridized carbons (Fsp3) is 0.316. The number of sulfonamides is 1. The second kappa shape index (κ2) is 8.13. The molecular formula is C19H19F3N2O4S. The zero-order valence-corrected chi connectivity index (χ0v) is 16.3. The molecule has 156 valence electrons. The molecule has 0 radical (unpaired) electrons. The van der Waals surface area contributed by atoms with Gasteiger partial charge in [0.15, 0.2) is 0 Å². The van der Waals surface area contributed by atoms with Crippen molar-refractivity contribution in [3.8, 4) is 0 Å². The highest BCUT2D eigenvalue weighted by Gasteiger charge is 2.31. The maximum absolute atomic E-state index is 12.9. The molecule has 1 aliphatic heterocycles. The minimum atomic E-state index is -4.54. The van der Waals surface area contributed by atoms with Crippen LogP contribution in [0.1, 0.15) is 21.5 Å². The predicted molar refractivity (Wildman–Crippen MR) is 100 cm³/mol. The zero-order valence-electron chi connectivity index (χ0n) is 15.5. The van der Waals surface area contributed by atoms with E-state index in [0.29, 0.717) is 5.56 Å². The van der Waals surface area contributed by atoms with Crippen LogP contribution in [0, 0.1) is 6.92 Å². The summed E-state index contributed by atoms with van der Waals surface area (Å²) in [5, 5.41) is 2.38. The van der Waals surface area contributed by atoms with Gasteiger partial charge < -0.3 is 10.1 Å². The largest absolute Gasteiger partial charge is 0.416 e. The highest BCUT2D eigenvalue weighted by Crippen LogP contribution is 2.31. The van der Waals surface area contributed by atoms with Crippen molar-refractivity contribution in [2.45, 2.75) is 18.0 Å². The van der Waals surface area contributed by atoms with E-state index in [9.17, 15) is 26.4 Å². The first-order valence-electron chi connectivity index (χ1n) is 8.76. The molecule has 0 bridgehead atoms. The van der Waals surface area contributed by atoms with Gasteiger partial charge in [0.05, 0.1) is 23.7 Å². The summed E-state index contributed by atoms with van der Waals surface area (Å²) < 4.78 is 70.8. The van der Waals surface area contributed by atoms with Gasteiger partial charge in [-0.2, -0.15) is 17.5 Å². The Morgan fingerprint density at radius 2 is 1.79 bits per heavy atom. The normalized spacial score (nSPS) is 15.9. The zero-order chi connectivity index (χ0) is 21.2. The van der Waals surface area contributed by atoms with Crippen LogP contribution in [0.15, 0.2) is 47.4 Å². The van der Waals surface area contributed by atoms with Gasteiger partial charge in [0.1, 0.15) is 0 Å². The molecule has 1 N–H and O–H groups in total. The van der Waals surface area contributed by atoms with E-state index in [1.54, 1.807) is 6.92 Å². The number of hydrogen-bond donors (Lipinski definition) is 1. The Morgan fingerprint density at radius 1 is 1.10 bits per heavy atom. The maximum Gasteiger partial charge on any atom is 0.416 e. The van der Waals surface area contributed by atoms with Gasteiger partial charge in [0.2, 0.25) is 10.0 Å². The van der Waals surface area contributed by atoms with Crippen LogP contribution in [0.2, 0.25) is 0 Å². The Morgan fingerprint density at radius 3 is 2.45 bits per heavy atom. The van der Waals surface area contributed by atoms with Crippen molar-refractivity contribution in [2.75, 3.05) is 31.6 Å². The highest BCUT2D eigenvalue weighted by atomic mass is 32.2. The van der Waals surface area contributed by atoms with Crippen molar-refractivity contribution in [1.29, 1.82) is 0 Å². The van der Waals surface area contributed by atoms with E-state index in [0.717, 1.165) is 12.1 Å². The molecule has 3 rings (SSSR count). The first-order valence-corrected chi connectivity index (χ1v) is 10.2. The molecule has 1 amide bonds. The third-order valence-corrected chi connectivity index (χ3v) is 6.53. The van der Waals surface area contributed by atoms with Crippen molar-refractivity contribution >= 4 is 21.6 Å². The Labute approximate surface area is 166 Å². The van der Waals surface area contributed by atoms with Crippen molar-refractivity contribution in [3.63, 3.8) is 0 Å². The van der Waals surface area contributed by atoms with Crippen LogP contribution in [0.4, 0.5) is 18.9 Å². The molecular weight excluding hydrogens is 409 g/mol. The van der Waals surface area contributed by atoms with Crippen LogP contribution < -0.4 is 5.32 Å². The Bertz CT molecular complexity index is 1020. The summed E-state index contributed by atoms with van der Waals surface area (Å²) in [7, 11) is -3.82. The molecule has 2 aromatic carbocycles. The fourth-order valence-electron chi connectivity index (χ4n) is 2.92. The quantitative estimate of drug-likeness (QED) is 0.811. The number of carbonyl (C=O) groups excluding carboxylic acids is 1. The molecule has 0 saturated carbocycles. The minimum absolute atomic E-state index is 0.0175. The number of ether oxygens (including phenoxy) is 1. The summed E-state index contributed by atoms with van der Waals surface area (Å²) in [6, 6.07) is 8.38. The Balaban J connectivity index is 1.87. The van der Waals surface area contributed by atoms with E-state index in [1.165, 1.54) is 34.6 Å². The summed E-state index contributed by atoms with van der Waals surface area (Å²) in [5.74, 6) is -0.706. The van der Waals surface area contributed by atoms with Gasteiger partial charge in [-0.15, -0.1) is 0 Å². The first kappa shape index (κ1) is 21.3. The van der Waals surface area contributed by atoms with Crippen molar-refractivity contribution in [1.82, 2.24) is 4.31 Å². The number of amides is 1. The molecule has 10 heteroatoms. The summed E-state index contributed by atoms with van der Waals surface area (Å²) in [6.45, 7) is 2.61. The summed E-state index contributed by atoms with van der Waals surface area (Å²) in [6.07, 6.45) is -4.54. The number of morpholine rings is 1. The number of nitrogens with one attached hydrogen (secondary N) is 1. The number of carbonyl (C=O) groups is 1. The summed E-state index contributed by atoms with van der Waals surface area (Å²) in [5.41, 5.74) is -0.440. The van der Waals surface area contributed by atoms with Gasteiger partial charge in [0, 0.05) is 24.3 Å². The topological polar surface area (TPSA) is 75.7 Å². The van der Waals surface area contributed by atoms with Gasteiger partial charge in [-0.05, 0) is 42.8 Å². The van der Waals surface area contributed by atoms with E-state index >= 15 is 0 Å². The molecule has 1 aliphatic rings. The van der Waals surface area contributed by atoms with Crippen molar-refractivity contribution < 1.29 is 31.1 Å². The molecule has 1 fully saturated rings. The number of halogens is 3. The molecule has 0 spiro atoms. The second-order valence-electron chi connectivity index (χ2n) is 6.53. The van der Waals surface area contributed by atoms with Gasteiger partial charge in [-0.25, -0.2) is 8.42 Å². The van der Waals surface area contributed by atoms with Crippen molar-refractivity contribution in [3.05, 3.63) is 59.2 Å². The fourth-order valence-corrected chi connectivity index (χ4v) is 4.58. The van der Waals surface area contributed by atoms with Gasteiger partial charge in [0.25, 0.3) is 5.91 Å². The average molecular weight is 428 g/mol. The number of rotatable bonds is 4. The molecule has 0 aromatic heterocycles. The van der Waals surface area contributed by atoms with Crippen LogP contribution in [0.5, 0.6) is 0 Å². The lowest BCUT2D eigenvalue weighted by Crippen LogP contribution is -2.40. The van der Waals surface area contributed by atoms with E-state index in [2.05, 4.69) is 5.32 Å². The van der Waals surface area contributed by atoms with E-state index in [-0.39, 0.29) is 42.4 Å². The second-order valence-corrected chi connectivity index (χ2v) is 8.44. The lowest BCUT2D eigenvalue weighted by molar-refractivity contribution is -0.137. The number of aryl methyl sites for hydroxylation is 1. The molecule has 6 nitrogen and oxygen atoms in total. The van der Waals surface area contributed by atoms with Crippen LogP contribution in [0.3, 0.4) is 0 Å². The predicted octanol–water partition coefficient (Wildman–Crippen LogP) is 3.29. The maximum atomic E-state index is 12.9. The SMILES string of the molecule is Cc1ccc(C(=O)Nc2cccc(C(F)(F)F)c2)cc1S(=O)(=O)N1CCOCC1. The number of anilines is 1. The van der Waals surface area contributed by atoms with Gasteiger partial charge in [-0.3, -0.25) is 4.79 Å². The average Bonchev–Trinajstić information content (AvgIpc) is 2.68. The van der Waals surface area contributed by atoms with Gasteiger partial charge in [-0.1, -0.05) is 12.1 Å². The lowest BCUT2D eigenvalue weighted by Gasteiger charge is -2.26. The van der Waals surface area contributed by atoms with E-state index in [4.69, 9.17) is 4.74 Å². The molecule has 0 atom stereocenters. The Hall–Kier alpha value is -2.43. The van der Waals surface area contributed by atoms with E-state index < -0.39 is 27.7 Å². The van der Waals surface area contributed by atoms with Gasteiger partial charge >= 0.3 is 6.18 Å². The monoisotopic (exact) mass is 428 g/mol. The van der Waals surface area contributed by atoms with Crippen LogP contribution in [0.25, 0.3) is 0 Å². The highest BCUT2D eigenvalue weighted by molar-refractivity contribution is 7.89. The molecule has 1 heterocycles. The molecule has 0 unspecified atom stereocenters. The molecule has 29 heavy (non-hydrogen) atoms. The number of nitrogens with zero attached hydrogens (tertiary/aromatic N) is 1. The summed E-state index contributed by atoms with van der Waals surface area (Å²) >= 11 is 0. The molecule has 1 saturated heterocycles. The molecule has 0 aliphatic carbocycles. The number of benzene rings is 2. The smallest absolute Gasteiger partial charge is 0.379 e. The number of alkyl halides is 3. The van der Waals surface area contributed by atoms with Crippen LogP contribution in [-0.4, -0.2) is 44.9 Å². The standard InChI is InChI=1S/C19H19F3N2O4S/c1-13-5-6-14(11-17(13)29(26,27)24-7-9-28-10-8-24)18(25)23-16-4-2-3-15(12-16)19(20,21)22/h2-6,11-12H,7-10H2,1H3,(H,23,25). The lowest BCUT2D eigenvalue weighted by atomic mass is 10.1. The Kier molecular flexibility index (Phi) is 5.97.